The Bertz CT molecular complexity index is 511. The van der Waals surface area contributed by atoms with Crippen molar-refractivity contribution in [1.29, 1.82) is 0 Å². The first-order chi connectivity index (χ1) is 8.12. The molecule has 2 atom stereocenters. The van der Waals surface area contributed by atoms with E-state index in [0.29, 0.717) is 5.56 Å². The number of azide groups is 1. The molecule has 1 aliphatic heterocycles. The van der Waals surface area contributed by atoms with Gasteiger partial charge in [0.2, 0.25) is 0 Å². The Balaban J connectivity index is 2.55. The summed E-state index contributed by atoms with van der Waals surface area (Å²) in [4.78, 5) is 15.9. The molecule has 88 valence electrons. The van der Waals surface area contributed by atoms with Gasteiger partial charge in [0, 0.05) is 21.1 Å². The van der Waals surface area contributed by atoms with Crippen LogP contribution >= 0.6 is 11.8 Å². The number of hydrogen-bond acceptors (Lipinski definition) is 4. The van der Waals surface area contributed by atoms with Gasteiger partial charge < -0.3 is 5.11 Å². The number of thioether (sulfide) groups is 1. The van der Waals surface area contributed by atoms with E-state index in [1.807, 2.05) is 12.1 Å². The summed E-state index contributed by atoms with van der Waals surface area (Å²) in [5.74, 6) is -0.0375. The molecule has 0 saturated carbocycles. The van der Waals surface area contributed by atoms with Crippen molar-refractivity contribution in [3.8, 4) is 0 Å². The van der Waals surface area contributed by atoms with Gasteiger partial charge in [-0.15, -0.1) is 11.8 Å². The molecule has 0 bridgehead atoms. The van der Waals surface area contributed by atoms with E-state index in [1.165, 1.54) is 18.7 Å². The summed E-state index contributed by atoms with van der Waals surface area (Å²) in [5, 5.41) is 13.3. The average molecular weight is 249 g/mol. The highest BCUT2D eigenvalue weighted by atomic mass is 32.2. The molecule has 0 saturated heterocycles. The number of aliphatic hydroxyl groups excluding tert-OH is 1. The fourth-order valence-electron chi connectivity index (χ4n) is 1.81. The lowest BCUT2D eigenvalue weighted by molar-refractivity contribution is 0.0678. The van der Waals surface area contributed by atoms with E-state index >= 15 is 0 Å². The van der Waals surface area contributed by atoms with Crippen LogP contribution in [0.25, 0.3) is 10.4 Å². The molecule has 17 heavy (non-hydrogen) atoms. The second kappa shape index (κ2) is 4.41. The molecular formula is C11H11N3O2S. The number of aliphatic hydroxyl groups is 1. The van der Waals surface area contributed by atoms with Crippen molar-refractivity contribution < 1.29 is 9.90 Å². The summed E-state index contributed by atoms with van der Waals surface area (Å²) >= 11 is 1.42. The fourth-order valence-corrected chi connectivity index (χ4v) is 3.11. The molecule has 0 amide bonds. The van der Waals surface area contributed by atoms with E-state index in [0.717, 1.165) is 4.90 Å². The maximum atomic E-state index is 12.3. The Morgan fingerprint density at radius 2 is 2.29 bits per heavy atom. The van der Waals surface area contributed by atoms with Gasteiger partial charge in [-0.25, -0.2) is 0 Å². The molecule has 0 fully saturated rings. The minimum atomic E-state index is -1.38. The Morgan fingerprint density at radius 1 is 1.59 bits per heavy atom. The molecular weight excluding hydrogens is 238 g/mol. The third-order valence-corrected chi connectivity index (χ3v) is 4.14. The number of carbonyl (C=O) groups excluding carboxylic acids is 1. The zero-order valence-electron chi connectivity index (χ0n) is 9.20. The predicted molar refractivity (Wildman–Crippen MR) is 65.1 cm³/mol. The number of ketones is 1. The van der Waals surface area contributed by atoms with Gasteiger partial charge in [-0.2, -0.15) is 0 Å². The Kier molecular flexibility index (Phi) is 3.11. The third kappa shape index (κ3) is 1.80. The SMILES string of the molecule is C[C@@H](O)[C@@]1(N=[N+]=[N-])CSc2ccccc2C1=O. The highest BCUT2D eigenvalue weighted by molar-refractivity contribution is 7.99. The minimum Gasteiger partial charge on any atom is -0.392 e. The summed E-state index contributed by atoms with van der Waals surface area (Å²) in [6.07, 6.45) is -1.01. The third-order valence-electron chi connectivity index (χ3n) is 2.89. The van der Waals surface area contributed by atoms with Gasteiger partial charge in [0.25, 0.3) is 0 Å². The van der Waals surface area contributed by atoms with Gasteiger partial charge >= 0.3 is 0 Å². The molecule has 0 aromatic heterocycles. The van der Waals surface area contributed by atoms with Crippen LogP contribution in [0.5, 0.6) is 0 Å². The van der Waals surface area contributed by atoms with Crippen molar-refractivity contribution in [3.63, 3.8) is 0 Å². The smallest absolute Gasteiger partial charge is 0.179 e. The van der Waals surface area contributed by atoms with E-state index < -0.39 is 11.6 Å². The highest BCUT2D eigenvalue weighted by Crippen LogP contribution is 2.38. The molecule has 6 heteroatoms. The van der Waals surface area contributed by atoms with Crippen molar-refractivity contribution in [2.45, 2.75) is 23.5 Å². The second-order valence-corrected chi connectivity index (χ2v) is 4.92. The number of benzene rings is 1. The Labute approximate surface area is 102 Å². The minimum absolute atomic E-state index is 0.268. The van der Waals surface area contributed by atoms with Crippen LogP contribution in [0.2, 0.25) is 0 Å². The molecule has 1 N–H and O–H groups in total. The predicted octanol–water partition coefficient (Wildman–Crippen LogP) is 2.40. The van der Waals surface area contributed by atoms with Gasteiger partial charge in [-0.05, 0) is 18.5 Å². The van der Waals surface area contributed by atoms with Crippen molar-refractivity contribution >= 4 is 17.5 Å². The summed E-state index contributed by atoms with van der Waals surface area (Å²) < 4.78 is 0. The molecule has 1 aromatic rings. The number of rotatable bonds is 2. The number of fused-ring (bicyclic) bond motifs is 1. The van der Waals surface area contributed by atoms with Crippen molar-refractivity contribution in [2.75, 3.05) is 5.75 Å². The normalized spacial score (nSPS) is 24.7. The number of hydrogen-bond donors (Lipinski definition) is 1. The van der Waals surface area contributed by atoms with E-state index in [9.17, 15) is 9.90 Å². The lowest BCUT2D eigenvalue weighted by atomic mass is 9.86. The van der Waals surface area contributed by atoms with E-state index in [1.54, 1.807) is 12.1 Å². The molecule has 1 heterocycles. The maximum absolute atomic E-state index is 12.3. The fraction of sp³-hybridized carbons (Fsp3) is 0.364. The molecule has 1 aromatic carbocycles. The largest absolute Gasteiger partial charge is 0.392 e. The lowest BCUT2D eigenvalue weighted by Gasteiger charge is -2.34. The monoisotopic (exact) mass is 249 g/mol. The summed E-state index contributed by atoms with van der Waals surface area (Å²) in [5.41, 5.74) is 7.71. The van der Waals surface area contributed by atoms with Crippen molar-refractivity contribution in [3.05, 3.63) is 40.3 Å². The second-order valence-electron chi connectivity index (χ2n) is 3.90. The quantitative estimate of drug-likeness (QED) is 0.496. The maximum Gasteiger partial charge on any atom is 0.179 e. The van der Waals surface area contributed by atoms with Crippen LogP contribution in [0.3, 0.4) is 0 Å². The lowest BCUT2D eigenvalue weighted by Crippen LogP contribution is -2.50. The van der Waals surface area contributed by atoms with E-state index in [-0.39, 0.29) is 11.5 Å². The first-order valence-electron chi connectivity index (χ1n) is 5.13. The van der Waals surface area contributed by atoms with Crippen molar-refractivity contribution in [2.24, 2.45) is 5.11 Å². The van der Waals surface area contributed by atoms with Gasteiger partial charge in [0.15, 0.2) is 5.78 Å². The van der Waals surface area contributed by atoms with Crippen LogP contribution in [0.4, 0.5) is 0 Å². The molecule has 2 rings (SSSR count). The van der Waals surface area contributed by atoms with Gasteiger partial charge in [-0.1, -0.05) is 23.3 Å². The number of nitrogens with zero attached hydrogens (tertiary/aromatic N) is 3. The average Bonchev–Trinajstić information content (AvgIpc) is 2.33. The molecule has 0 spiro atoms. The summed E-state index contributed by atoms with van der Waals surface area (Å²) in [6.45, 7) is 1.47. The van der Waals surface area contributed by atoms with Gasteiger partial charge in [-0.3, -0.25) is 4.79 Å². The highest BCUT2D eigenvalue weighted by Gasteiger charge is 2.46. The first kappa shape index (κ1) is 12.0. The molecule has 5 nitrogen and oxygen atoms in total. The molecule has 0 aliphatic carbocycles. The van der Waals surface area contributed by atoms with E-state index in [4.69, 9.17) is 5.53 Å². The van der Waals surface area contributed by atoms with Crippen LogP contribution in [-0.2, 0) is 0 Å². The summed E-state index contributed by atoms with van der Waals surface area (Å²) in [7, 11) is 0. The van der Waals surface area contributed by atoms with Crippen LogP contribution in [0.1, 0.15) is 17.3 Å². The van der Waals surface area contributed by atoms with Gasteiger partial charge in [0.05, 0.1) is 6.10 Å². The van der Waals surface area contributed by atoms with Crippen LogP contribution in [0.15, 0.2) is 34.3 Å². The zero-order chi connectivity index (χ0) is 12.5. The zero-order valence-corrected chi connectivity index (χ0v) is 10.0. The van der Waals surface area contributed by atoms with Crippen molar-refractivity contribution in [1.82, 2.24) is 0 Å². The van der Waals surface area contributed by atoms with Crippen LogP contribution < -0.4 is 0 Å². The standard InChI is InChI=1S/C11H11N3O2S/c1-7(15)11(13-14-12)6-17-9-5-3-2-4-8(9)10(11)16/h2-5,7,15H,6H2,1H3/t7-,11+/m1/s1. The molecule has 0 radical (unpaired) electrons. The topological polar surface area (TPSA) is 86.1 Å². The Hall–Kier alpha value is -1.49. The first-order valence-corrected chi connectivity index (χ1v) is 6.11. The van der Waals surface area contributed by atoms with Gasteiger partial charge in [0.1, 0.15) is 5.54 Å². The van der Waals surface area contributed by atoms with Crippen LogP contribution in [0, 0.1) is 0 Å². The summed E-state index contributed by atoms with van der Waals surface area (Å²) in [6, 6.07) is 7.14. The number of Topliss-reactive ketones (excluding diaryl/α,β-unsaturated/α-hetero) is 1. The molecule has 1 aliphatic rings. The number of carbonyl (C=O) groups is 1. The van der Waals surface area contributed by atoms with Crippen LogP contribution in [-0.4, -0.2) is 28.3 Å². The molecule has 0 unspecified atom stereocenters. The Morgan fingerprint density at radius 3 is 2.94 bits per heavy atom. The van der Waals surface area contributed by atoms with E-state index in [2.05, 4.69) is 10.0 Å².